The van der Waals surface area contributed by atoms with Crippen LogP contribution in [0.4, 0.5) is 5.82 Å². The van der Waals surface area contributed by atoms with Gasteiger partial charge in [0.2, 0.25) is 5.91 Å². The Bertz CT molecular complexity index is 1130. The van der Waals surface area contributed by atoms with Gasteiger partial charge in [-0.05, 0) is 76.5 Å². The molecule has 1 aliphatic heterocycles. The first-order chi connectivity index (χ1) is 18.7. The van der Waals surface area contributed by atoms with E-state index in [9.17, 15) is 14.7 Å². The number of hydrogen-bond acceptors (Lipinski definition) is 7. The molecule has 2 atom stereocenters. The van der Waals surface area contributed by atoms with Crippen LogP contribution in [0.5, 0.6) is 0 Å². The van der Waals surface area contributed by atoms with E-state index in [0.717, 1.165) is 56.7 Å². The van der Waals surface area contributed by atoms with Crippen molar-refractivity contribution in [2.75, 3.05) is 38.6 Å². The second-order valence-electron chi connectivity index (χ2n) is 10.8. The number of unbranched alkanes of at least 4 members (excludes halogenated alkanes) is 1. The zero-order valence-corrected chi connectivity index (χ0v) is 24.0. The van der Waals surface area contributed by atoms with Gasteiger partial charge in [-0.15, -0.1) is 0 Å². The number of halogens is 1. The normalized spacial score (nSPS) is 17.3. The molecule has 39 heavy (non-hydrogen) atoms. The molecule has 0 bridgehead atoms. The third-order valence-electron chi connectivity index (χ3n) is 7.90. The number of aliphatic carboxylic acids is 1. The SMILES string of the molecule is COC(C)CN(CCCCc1ccc2c(n1)NCCC2)CCC(NC(=O)C1(c2c(Cl)cnn2C)CC1)C(=O)O. The lowest BCUT2D eigenvalue weighted by Gasteiger charge is -2.27. The number of aryl methyl sites for hydroxylation is 3. The van der Waals surface area contributed by atoms with E-state index in [-0.39, 0.29) is 12.0 Å². The number of carboxylic acid groups (broad SMARTS) is 1. The van der Waals surface area contributed by atoms with Crippen LogP contribution in [0.25, 0.3) is 0 Å². The van der Waals surface area contributed by atoms with Crippen LogP contribution in [0.2, 0.25) is 5.02 Å². The molecule has 0 spiro atoms. The highest BCUT2D eigenvalue weighted by Crippen LogP contribution is 2.50. The van der Waals surface area contributed by atoms with Crippen LogP contribution in [0, 0.1) is 0 Å². The van der Waals surface area contributed by atoms with Gasteiger partial charge in [-0.3, -0.25) is 9.48 Å². The van der Waals surface area contributed by atoms with E-state index < -0.39 is 17.4 Å². The second kappa shape index (κ2) is 13.1. The number of nitrogens with one attached hydrogen (secondary N) is 2. The van der Waals surface area contributed by atoms with Gasteiger partial charge in [0.15, 0.2) is 0 Å². The van der Waals surface area contributed by atoms with E-state index in [1.165, 1.54) is 11.8 Å². The van der Waals surface area contributed by atoms with Gasteiger partial charge in [-0.25, -0.2) is 9.78 Å². The van der Waals surface area contributed by atoms with Gasteiger partial charge < -0.3 is 25.4 Å². The first-order valence-corrected chi connectivity index (χ1v) is 14.3. The smallest absolute Gasteiger partial charge is 0.326 e. The summed E-state index contributed by atoms with van der Waals surface area (Å²) in [4.78, 5) is 32.3. The Labute approximate surface area is 235 Å². The molecule has 3 N–H and O–H groups in total. The number of fused-ring (bicyclic) bond motifs is 1. The van der Waals surface area contributed by atoms with E-state index in [0.29, 0.717) is 43.1 Å². The van der Waals surface area contributed by atoms with E-state index in [1.54, 1.807) is 18.8 Å². The number of anilines is 1. The average molecular weight is 561 g/mol. The molecular weight excluding hydrogens is 520 g/mol. The molecule has 2 aliphatic rings. The van der Waals surface area contributed by atoms with Crippen molar-refractivity contribution in [2.45, 2.75) is 75.9 Å². The van der Waals surface area contributed by atoms with Crippen LogP contribution >= 0.6 is 11.6 Å². The van der Waals surface area contributed by atoms with Crippen molar-refractivity contribution in [3.8, 4) is 0 Å². The highest BCUT2D eigenvalue weighted by Gasteiger charge is 2.55. The van der Waals surface area contributed by atoms with Crippen LogP contribution in [0.3, 0.4) is 0 Å². The lowest BCUT2D eigenvalue weighted by atomic mass is 10.00. The van der Waals surface area contributed by atoms with Crippen molar-refractivity contribution >= 4 is 29.3 Å². The van der Waals surface area contributed by atoms with Gasteiger partial charge in [-0.1, -0.05) is 17.7 Å². The number of amides is 1. The summed E-state index contributed by atoms with van der Waals surface area (Å²) in [5.41, 5.74) is 2.23. The first-order valence-electron chi connectivity index (χ1n) is 13.9. The average Bonchev–Trinajstić information content (AvgIpc) is 3.65. The summed E-state index contributed by atoms with van der Waals surface area (Å²) in [7, 11) is 3.42. The first kappa shape index (κ1) is 29.3. The molecule has 3 heterocycles. The number of pyridine rings is 1. The molecule has 0 saturated heterocycles. The number of ether oxygens (including phenoxy) is 1. The Morgan fingerprint density at radius 2 is 2.10 bits per heavy atom. The monoisotopic (exact) mass is 560 g/mol. The predicted octanol–water partition coefficient (Wildman–Crippen LogP) is 3.18. The third-order valence-corrected chi connectivity index (χ3v) is 8.17. The summed E-state index contributed by atoms with van der Waals surface area (Å²) in [6, 6.07) is 3.32. The number of carboxylic acids is 1. The molecule has 214 valence electrons. The molecule has 2 aromatic heterocycles. The van der Waals surface area contributed by atoms with Gasteiger partial charge in [0.25, 0.3) is 0 Å². The van der Waals surface area contributed by atoms with Gasteiger partial charge >= 0.3 is 5.97 Å². The van der Waals surface area contributed by atoms with Gasteiger partial charge in [0.05, 0.1) is 28.4 Å². The molecule has 4 rings (SSSR count). The fourth-order valence-corrected chi connectivity index (χ4v) is 5.74. The summed E-state index contributed by atoms with van der Waals surface area (Å²) in [6.07, 6.45) is 8.14. The number of carbonyl (C=O) groups excluding carboxylic acids is 1. The fraction of sp³-hybridized carbons (Fsp3) is 0.643. The largest absolute Gasteiger partial charge is 0.480 e. The Morgan fingerprint density at radius 1 is 1.31 bits per heavy atom. The number of rotatable bonds is 15. The summed E-state index contributed by atoms with van der Waals surface area (Å²) < 4.78 is 7.09. The topological polar surface area (TPSA) is 122 Å². The molecule has 1 saturated carbocycles. The molecule has 10 nitrogen and oxygen atoms in total. The second-order valence-corrected chi connectivity index (χ2v) is 11.3. The van der Waals surface area contributed by atoms with Crippen LogP contribution in [-0.4, -0.2) is 82.1 Å². The van der Waals surface area contributed by atoms with Crippen molar-refractivity contribution in [1.29, 1.82) is 0 Å². The molecule has 1 fully saturated rings. The molecule has 2 aromatic rings. The minimum atomic E-state index is -1.04. The zero-order chi connectivity index (χ0) is 28.0. The van der Waals surface area contributed by atoms with E-state index in [1.807, 2.05) is 6.92 Å². The maximum Gasteiger partial charge on any atom is 0.326 e. The summed E-state index contributed by atoms with van der Waals surface area (Å²) in [5.74, 6) is -0.318. The third kappa shape index (κ3) is 7.29. The maximum absolute atomic E-state index is 13.2. The number of hydrogen-bond donors (Lipinski definition) is 3. The van der Waals surface area contributed by atoms with Gasteiger partial charge in [0, 0.05) is 39.5 Å². The number of methoxy groups -OCH3 is 1. The quantitative estimate of drug-likeness (QED) is 0.284. The van der Waals surface area contributed by atoms with Crippen LogP contribution in [0.1, 0.15) is 62.4 Å². The Hall–Kier alpha value is -2.69. The van der Waals surface area contributed by atoms with Gasteiger partial charge in [-0.2, -0.15) is 5.10 Å². The Balaban J connectivity index is 1.30. The van der Waals surface area contributed by atoms with Crippen LogP contribution in [-0.2, 0) is 39.6 Å². The number of aromatic nitrogens is 3. The summed E-state index contributed by atoms with van der Waals surface area (Å²) in [6.45, 7) is 5.01. The lowest BCUT2D eigenvalue weighted by molar-refractivity contribution is -0.142. The minimum Gasteiger partial charge on any atom is -0.480 e. The maximum atomic E-state index is 13.2. The van der Waals surface area contributed by atoms with E-state index in [4.69, 9.17) is 21.3 Å². The number of nitrogens with zero attached hydrogens (tertiary/aromatic N) is 4. The standard InChI is InChI=1S/C28H41ClN6O4/c1-19(39-3)18-35(15-5-4-8-21-10-9-20-7-6-14-30-25(20)32-21)16-11-23(26(36)37)33-27(38)28(12-13-28)24-22(29)17-31-34(24)2/h9-10,17,19,23H,4-8,11-16,18H2,1-3H3,(H,30,32)(H,33,38)(H,36,37). The van der Waals surface area contributed by atoms with Crippen molar-refractivity contribution in [3.63, 3.8) is 0 Å². The lowest BCUT2D eigenvalue weighted by Crippen LogP contribution is -2.48. The zero-order valence-electron chi connectivity index (χ0n) is 23.2. The Kier molecular flexibility index (Phi) is 9.85. The van der Waals surface area contributed by atoms with E-state index in [2.05, 4.69) is 32.8 Å². The molecule has 0 aromatic carbocycles. The van der Waals surface area contributed by atoms with Gasteiger partial charge in [0.1, 0.15) is 11.9 Å². The summed E-state index contributed by atoms with van der Waals surface area (Å²) in [5, 5.41) is 20.7. The number of carbonyl (C=O) groups is 2. The molecular formula is C28H41ClN6O4. The van der Waals surface area contributed by atoms with Crippen LogP contribution < -0.4 is 10.6 Å². The van der Waals surface area contributed by atoms with Crippen molar-refractivity contribution < 1.29 is 19.4 Å². The highest BCUT2D eigenvalue weighted by atomic mass is 35.5. The molecule has 2 unspecified atom stereocenters. The summed E-state index contributed by atoms with van der Waals surface area (Å²) >= 11 is 6.30. The predicted molar refractivity (Wildman–Crippen MR) is 150 cm³/mol. The Morgan fingerprint density at radius 3 is 2.77 bits per heavy atom. The molecule has 1 aliphatic carbocycles. The molecule has 1 amide bonds. The van der Waals surface area contributed by atoms with Crippen molar-refractivity contribution in [2.24, 2.45) is 7.05 Å². The molecule has 11 heteroatoms. The molecule has 0 radical (unpaired) electrons. The van der Waals surface area contributed by atoms with E-state index >= 15 is 0 Å². The van der Waals surface area contributed by atoms with Crippen LogP contribution in [0.15, 0.2) is 18.3 Å². The van der Waals surface area contributed by atoms with Crippen molar-refractivity contribution in [3.05, 3.63) is 40.3 Å². The van der Waals surface area contributed by atoms with Crippen molar-refractivity contribution in [1.82, 2.24) is 25.0 Å². The highest BCUT2D eigenvalue weighted by molar-refractivity contribution is 6.31. The minimum absolute atomic E-state index is 0.0120. The fourth-order valence-electron chi connectivity index (χ4n) is 5.39.